The number of hydrogen-bond acceptors (Lipinski definition) is 2. The molecule has 0 heterocycles. The van der Waals surface area contributed by atoms with Gasteiger partial charge in [-0.2, -0.15) is 0 Å². The zero-order valence-corrected chi connectivity index (χ0v) is 13.1. The Morgan fingerprint density at radius 1 is 1.15 bits per heavy atom. The molecule has 1 aromatic rings. The largest absolute Gasteiger partial charge is 0.329 e. The van der Waals surface area contributed by atoms with E-state index < -0.39 is 0 Å². The van der Waals surface area contributed by atoms with Crippen LogP contribution in [0.4, 0.5) is 0 Å². The van der Waals surface area contributed by atoms with E-state index in [2.05, 4.69) is 49.1 Å². The molecular weight excluding hydrogens is 244 g/mol. The quantitative estimate of drug-likeness (QED) is 0.825. The van der Waals surface area contributed by atoms with E-state index in [-0.39, 0.29) is 0 Å². The number of rotatable bonds is 7. The van der Waals surface area contributed by atoms with Crippen LogP contribution in [-0.2, 0) is 6.42 Å². The predicted molar refractivity (Wildman–Crippen MR) is 86.8 cm³/mol. The Kier molecular flexibility index (Phi) is 6.06. The third-order valence-corrected chi connectivity index (χ3v) is 4.42. The van der Waals surface area contributed by atoms with Gasteiger partial charge in [0.05, 0.1) is 0 Å². The van der Waals surface area contributed by atoms with Crippen LogP contribution in [0.1, 0.15) is 45.1 Å². The molecule has 0 spiro atoms. The standard InChI is InChI=1S/C18H30N2/c1-15(2)14-20(17-10-6-7-11-17)18(13-19)12-16-8-4-3-5-9-16/h3-5,8-9,15,17-18H,6-7,10-14,19H2,1-2H3. The van der Waals surface area contributed by atoms with Crippen LogP contribution >= 0.6 is 0 Å². The van der Waals surface area contributed by atoms with Crippen molar-refractivity contribution in [3.63, 3.8) is 0 Å². The summed E-state index contributed by atoms with van der Waals surface area (Å²) < 4.78 is 0. The zero-order valence-electron chi connectivity index (χ0n) is 13.1. The van der Waals surface area contributed by atoms with Crippen molar-refractivity contribution in [1.29, 1.82) is 0 Å². The highest BCUT2D eigenvalue weighted by Gasteiger charge is 2.28. The fraction of sp³-hybridized carbons (Fsp3) is 0.667. The van der Waals surface area contributed by atoms with Gasteiger partial charge in [0.1, 0.15) is 0 Å². The summed E-state index contributed by atoms with van der Waals surface area (Å²) in [6.07, 6.45) is 6.58. The van der Waals surface area contributed by atoms with Crippen LogP contribution in [0.2, 0.25) is 0 Å². The molecule has 1 aliphatic carbocycles. The maximum absolute atomic E-state index is 6.12. The first-order valence-electron chi connectivity index (χ1n) is 8.20. The SMILES string of the molecule is CC(C)CN(C1CCCC1)C(CN)Cc1ccccc1. The molecule has 1 aliphatic rings. The molecule has 0 saturated heterocycles. The number of nitrogens with two attached hydrogens (primary N) is 1. The first-order chi connectivity index (χ1) is 9.70. The van der Waals surface area contributed by atoms with Crippen LogP contribution in [-0.4, -0.2) is 30.1 Å². The fourth-order valence-electron chi connectivity index (χ4n) is 3.48. The molecule has 2 heteroatoms. The molecule has 2 nitrogen and oxygen atoms in total. The van der Waals surface area contributed by atoms with E-state index in [1.165, 1.54) is 37.8 Å². The monoisotopic (exact) mass is 274 g/mol. The highest BCUT2D eigenvalue weighted by molar-refractivity contribution is 5.16. The van der Waals surface area contributed by atoms with Crippen molar-refractivity contribution >= 4 is 0 Å². The lowest BCUT2D eigenvalue weighted by Crippen LogP contribution is -2.48. The average molecular weight is 274 g/mol. The van der Waals surface area contributed by atoms with Gasteiger partial charge >= 0.3 is 0 Å². The van der Waals surface area contributed by atoms with Crippen molar-refractivity contribution in [1.82, 2.24) is 4.90 Å². The maximum Gasteiger partial charge on any atom is 0.0261 e. The van der Waals surface area contributed by atoms with Crippen molar-refractivity contribution in [2.75, 3.05) is 13.1 Å². The van der Waals surface area contributed by atoms with Gasteiger partial charge in [0, 0.05) is 25.2 Å². The van der Waals surface area contributed by atoms with Crippen molar-refractivity contribution in [3.05, 3.63) is 35.9 Å². The van der Waals surface area contributed by atoms with Crippen molar-refractivity contribution in [2.45, 2.75) is 58.0 Å². The molecule has 0 amide bonds. The molecule has 1 unspecified atom stereocenters. The highest BCUT2D eigenvalue weighted by Crippen LogP contribution is 2.26. The summed E-state index contributed by atoms with van der Waals surface area (Å²) in [7, 11) is 0. The second-order valence-corrected chi connectivity index (χ2v) is 6.61. The van der Waals surface area contributed by atoms with E-state index in [0.717, 1.165) is 19.0 Å². The first kappa shape index (κ1) is 15.5. The van der Waals surface area contributed by atoms with Gasteiger partial charge in [0.25, 0.3) is 0 Å². The third-order valence-electron chi connectivity index (χ3n) is 4.42. The van der Waals surface area contributed by atoms with Crippen molar-refractivity contribution in [3.8, 4) is 0 Å². The summed E-state index contributed by atoms with van der Waals surface area (Å²) in [5.41, 5.74) is 7.53. The van der Waals surface area contributed by atoms with E-state index >= 15 is 0 Å². The van der Waals surface area contributed by atoms with Gasteiger partial charge in [-0.25, -0.2) is 0 Å². The summed E-state index contributed by atoms with van der Waals surface area (Å²) in [6, 6.07) is 12.0. The topological polar surface area (TPSA) is 29.3 Å². The van der Waals surface area contributed by atoms with Crippen molar-refractivity contribution in [2.24, 2.45) is 11.7 Å². The molecule has 112 valence electrons. The maximum atomic E-state index is 6.12. The molecule has 1 aromatic carbocycles. The third kappa shape index (κ3) is 4.32. The minimum Gasteiger partial charge on any atom is -0.329 e. The molecule has 0 bridgehead atoms. The molecular formula is C18H30N2. The second-order valence-electron chi connectivity index (χ2n) is 6.61. The summed E-state index contributed by atoms with van der Waals surface area (Å²) >= 11 is 0. The van der Waals surface area contributed by atoms with E-state index in [9.17, 15) is 0 Å². The first-order valence-corrected chi connectivity index (χ1v) is 8.20. The van der Waals surface area contributed by atoms with Gasteiger partial charge in [-0.3, -0.25) is 4.90 Å². The Balaban J connectivity index is 2.07. The zero-order chi connectivity index (χ0) is 14.4. The van der Waals surface area contributed by atoms with E-state index in [0.29, 0.717) is 12.0 Å². The molecule has 1 fully saturated rings. The number of hydrogen-bond donors (Lipinski definition) is 1. The van der Waals surface area contributed by atoms with Gasteiger partial charge in [-0.05, 0) is 30.7 Å². The van der Waals surface area contributed by atoms with Crippen LogP contribution in [0.15, 0.2) is 30.3 Å². The Bertz CT molecular complexity index is 368. The van der Waals surface area contributed by atoms with Gasteiger partial charge in [0.15, 0.2) is 0 Å². The fourth-order valence-corrected chi connectivity index (χ4v) is 3.48. The minimum atomic E-state index is 0.489. The van der Waals surface area contributed by atoms with Crippen LogP contribution in [0.5, 0.6) is 0 Å². The number of nitrogens with zero attached hydrogens (tertiary/aromatic N) is 1. The molecule has 20 heavy (non-hydrogen) atoms. The summed E-state index contributed by atoms with van der Waals surface area (Å²) in [5, 5.41) is 0. The van der Waals surface area contributed by atoms with E-state index in [1.807, 2.05) is 0 Å². The van der Waals surface area contributed by atoms with Crippen molar-refractivity contribution < 1.29 is 0 Å². The number of benzene rings is 1. The van der Waals surface area contributed by atoms with Gasteiger partial charge < -0.3 is 5.73 Å². The Morgan fingerprint density at radius 3 is 2.35 bits per heavy atom. The Morgan fingerprint density at radius 2 is 1.80 bits per heavy atom. The highest BCUT2D eigenvalue weighted by atomic mass is 15.2. The van der Waals surface area contributed by atoms with Crippen LogP contribution in [0, 0.1) is 5.92 Å². The molecule has 0 aromatic heterocycles. The van der Waals surface area contributed by atoms with Gasteiger partial charge in [-0.15, -0.1) is 0 Å². The summed E-state index contributed by atoms with van der Waals surface area (Å²) in [4.78, 5) is 2.71. The van der Waals surface area contributed by atoms with E-state index in [4.69, 9.17) is 5.73 Å². The Labute approximate surface area is 124 Å². The minimum absolute atomic E-state index is 0.489. The smallest absolute Gasteiger partial charge is 0.0261 e. The predicted octanol–water partition coefficient (Wildman–Crippen LogP) is 3.46. The summed E-state index contributed by atoms with van der Waals surface area (Å²) in [5.74, 6) is 0.709. The Hall–Kier alpha value is -0.860. The van der Waals surface area contributed by atoms with Crippen LogP contribution in [0.25, 0.3) is 0 Å². The lowest BCUT2D eigenvalue weighted by molar-refractivity contribution is 0.121. The van der Waals surface area contributed by atoms with Gasteiger partial charge in [0.2, 0.25) is 0 Å². The van der Waals surface area contributed by atoms with Crippen LogP contribution < -0.4 is 5.73 Å². The second kappa shape index (κ2) is 7.80. The summed E-state index contributed by atoms with van der Waals surface area (Å²) in [6.45, 7) is 6.58. The van der Waals surface area contributed by atoms with Crippen LogP contribution in [0.3, 0.4) is 0 Å². The van der Waals surface area contributed by atoms with E-state index in [1.54, 1.807) is 0 Å². The molecule has 0 aliphatic heterocycles. The van der Waals surface area contributed by atoms with Gasteiger partial charge in [-0.1, -0.05) is 57.0 Å². The molecule has 1 saturated carbocycles. The molecule has 2 N–H and O–H groups in total. The lowest BCUT2D eigenvalue weighted by Gasteiger charge is -2.37. The molecule has 1 atom stereocenters. The normalized spacial score (nSPS) is 18.1. The average Bonchev–Trinajstić information content (AvgIpc) is 2.97. The molecule has 2 rings (SSSR count). The lowest BCUT2D eigenvalue weighted by atomic mass is 10.0. The molecule has 0 radical (unpaired) electrons.